The van der Waals surface area contributed by atoms with Crippen molar-refractivity contribution < 1.29 is 4.79 Å². The third-order valence-corrected chi connectivity index (χ3v) is 4.80. The van der Waals surface area contributed by atoms with Crippen LogP contribution in [-0.4, -0.2) is 10.9 Å². The summed E-state index contributed by atoms with van der Waals surface area (Å²) in [5, 5.41) is 5.93. The Bertz CT molecular complexity index is 820. The SMILES string of the molecule is CCc1ccc(-c2nc(-c3ccc(CNC(C)=O)cc3)cs2)cc1. The van der Waals surface area contributed by atoms with Crippen LogP contribution >= 0.6 is 11.3 Å². The van der Waals surface area contributed by atoms with Crippen LogP contribution in [-0.2, 0) is 17.8 Å². The molecule has 1 heterocycles. The molecular formula is C20H20N2OS. The minimum atomic E-state index is -0.0164. The highest BCUT2D eigenvalue weighted by atomic mass is 32.1. The predicted molar refractivity (Wildman–Crippen MR) is 99.9 cm³/mol. The molecule has 3 aromatic rings. The quantitative estimate of drug-likeness (QED) is 0.735. The monoisotopic (exact) mass is 336 g/mol. The van der Waals surface area contributed by atoms with Gasteiger partial charge in [-0.2, -0.15) is 0 Å². The molecule has 3 nitrogen and oxygen atoms in total. The summed E-state index contributed by atoms with van der Waals surface area (Å²) in [6.45, 7) is 4.24. The summed E-state index contributed by atoms with van der Waals surface area (Å²) >= 11 is 1.66. The van der Waals surface area contributed by atoms with E-state index in [1.54, 1.807) is 11.3 Å². The maximum Gasteiger partial charge on any atom is 0.217 e. The van der Waals surface area contributed by atoms with Crippen LogP contribution in [0.25, 0.3) is 21.8 Å². The molecule has 1 amide bonds. The normalized spacial score (nSPS) is 10.6. The number of carbonyl (C=O) groups is 1. The zero-order chi connectivity index (χ0) is 16.9. The zero-order valence-electron chi connectivity index (χ0n) is 13.9. The van der Waals surface area contributed by atoms with E-state index in [-0.39, 0.29) is 5.91 Å². The maximum absolute atomic E-state index is 11.0. The van der Waals surface area contributed by atoms with Crippen molar-refractivity contribution >= 4 is 17.2 Å². The van der Waals surface area contributed by atoms with E-state index in [0.717, 1.165) is 33.8 Å². The summed E-state index contributed by atoms with van der Waals surface area (Å²) < 4.78 is 0. The Balaban J connectivity index is 1.76. The number of thiazole rings is 1. The van der Waals surface area contributed by atoms with Gasteiger partial charge in [0.2, 0.25) is 5.91 Å². The van der Waals surface area contributed by atoms with E-state index in [0.29, 0.717) is 6.54 Å². The molecule has 0 fully saturated rings. The standard InChI is InChI=1S/C20H20N2OS/c1-3-15-4-10-18(11-5-15)20-22-19(13-24-20)17-8-6-16(7-9-17)12-21-14(2)23/h4-11,13H,3,12H2,1-2H3,(H,21,23). The van der Waals surface area contributed by atoms with E-state index in [1.165, 1.54) is 12.5 Å². The number of hydrogen-bond donors (Lipinski definition) is 1. The molecule has 0 aliphatic heterocycles. The Morgan fingerprint density at radius 2 is 1.62 bits per heavy atom. The highest BCUT2D eigenvalue weighted by Gasteiger charge is 2.07. The molecule has 24 heavy (non-hydrogen) atoms. The molecule has 0 saturated carbocycles. The lowest BCUT2D eigenvalue weighted by atomic mass is 10.1. The third kappa shape index (κ3) is 3.89. The van der Waals surface area contributed by atoms with E-state index >= 15 is 0 Å². The van der Waals surface area contributed by atoms with Crippen molar-refractivity contribution in [3.8, 4) is 21.8 Å². The molecule has 1 aromatic heterocycles. The van der Waals surface area contributed by atoms with E-state index in [9.17, 15) is 4.79 Å². The van der Waals surface area contributed by atoms with Gasteiger partial charge in [0.05, 0.1) is 5.69 Å². The second kappa shape index (κ2) is 7.41. The summed E-state index contributed by atoms with van der Waals surface area (Å²) in [5.41, 5.74) is 5.66. The van der Waals surface area contributed by atoms with Gasteiger partial charge >= 0.3 is 0 Å². The molecule has 0 radical (unpaired) electrons. The minimum Gasteiger partial charge on any atom is -0.352 e. The third-order valence-electron chi connectivity index (χ3n) is 3.90. The number of nitrogens with zero attached hydrogens (tertiary/aromatic N) is 1. The number of amides is 1. The van der Waals surface area contributed by atoms with Crippen molar-refractivity contribution in [2.75, 3.05) is 0 Å². The van der Waals surface area contributed by atoms with Crippen molar-refractivity contribution in [3.05, 3.63) is 65.0 Å². The molecule has 0 unspecified atom stereocenters. The Morgan fingerprint density at radius 1 is 1.00 bits per heavy atom. The molecule has 0 aliphatic rings. The lowest BCUT2D eigenvalue weighted by Crippen LogP contribution is -2.18. The molecule has 0 aliphatic carbocycles. The fourth-order valence-electron chi connectivity index (χ4n) is 2.44. The molecule has 0 bridgehead atoms. The first-order valence-corrected chi connectivity index (χ1v) is 8.92. The van der Waals surface area contributed by atoms with Gasteiger partial charge in [-0.3, -0.25) is 4.79 Å². The van der Waals surface area contributed by atoms with E-state index in [1.807, 2.05) is 12.1 Å². The van der Waals surface area contributed by atoms with Gasteiger partial charge in [0.25, 0.3) is 0 Å². The smallest absolute Gasteiger partial charge is 0.217 e. The number of aryl methyl sites for hydroxylation is 1. The van der Waals surface area contributed by atoms with E-state index in [2.05, 4.69) is 54.0 Å². The van der Waals surface area contributed by atoms with Gasteiger partial charge in [0.1, 0.15) is 5.01 Å². The van der Waals surface area contributed by atoms with Crippen LogP contribution in [0.1, 0.15) is 25.0 Å². The van der Waals surface area contributed by atoms with Crippen molar-refractivity contribution in [2.24, 2.45) is 0 Å². The molecule has 0 saturated heterocycles. The number of nitrogens with one attached hydrogen (secondary N) is 1. The van der Waals surface area contributed by atoms with Crippen LogP contribution in [0.5, 0.6) is 0 Å². The van der Waals surface area contributed by atoms with Gasteiger partial charge in [-0.1, -0.05) is 55.5 Å². The Hall–Kier alpha value is -2.46. The first-order valence-electron chi connectivity index (χ1n) is 8.04. The lowest BCUT2D eigenvalue weighted by molar-refractivity contribution is -0.119. The predicted octanol–water partition coefficient (Wildman–Crippen LogP) is 4.68. The molecule has 4 heteroatoms. The Kier molecular flexibility index (Phi) is 5.06. The van der Waals surface area contributed by atoms with Crippen LogP contribution in [0.3, 0.4) is 0 Å². The number of benzene rings is 2. The molecule has 2 aromatic carbocycles. The topological polar surface area (TPSA) is 42.0 Å². The largest absolute Gasteiger partial charge is 0.352 e. The molecule has 122 valence electrons. The molecule has 0 spiro atoms. The Morgan fingerprint density at radius 3 is 2.25 bits per heavy atom. The van der Waals surface area contributed by atoms with E-state index in [4.69, 9.17) is 4.98 Å². The van der Waals surface area contributed by atoms with Crippen LogP contribution in [0.15, 0.2) is 53.9 Å². The minimum absolute atomic E-state index is 0.0164. The summed E-state index contributed by atoms with van der Waals surface area (Å²) in [4.78, 5) is 15.7. The average Bonchev–Trinajstić information content (AvgIpc) is 3.10. The highest BCUT2D eigenvalue weighted by Crippen LogP contribution is 2.29. The second-order valence-corrected chi connectivity index (χ2v) is 6.55. The molecule has 1 N–H and O–H groups in total. The van der Waals surface area contributed by atoms with Gasteiger partial charge in [0, 0.05) is 30.0 Å². The van der Waals surface area contributed by atoms with Crippen LogP contribution in [0.2, 0.25) is 0 Å². The van der Waals surface area contributed by atoms with Crippen LogP contribution in [0.4, 0.5) is 0 Å². The van der Waals surface area contributed by atoms with Gasteiger partial charge < -0.3 is 5.32 Å². The van der Waals surface area contributed by atoms with Gasteiger partial charge in [-0.15, -0.1) is 11.3 Å². The number of carbonyl (C=O) groups excluding carboxylic acids is 1. The van der Waals surface area contributed by atoms with Gasteiger partial charge in [-0.25, -0.2) is 4.98 Å². The van der Waals surface area contributed by atoms with Crippen molar-refractivity contribution in [2.45, 2.75) is 26.8 Å². The van der Waals surface area contributed by atoms with E-state index < -0.39 is 0 Å². The average molecular weight is 336 g/mol. The first kappa shape index (κ1) is 16.4. The lowest BCUT2D eigenvalue weighted by Gasteiger charge is -2.03. The fourth-order valence-corrected chi connectivity index (χ4v) is 3.28. The highest BCUT2D eigenvalue weighted by molar-refractivity contribution is 7.13. The number of aromatic nitrogens is 1. The first-order chi connectivity index (χ1) is 11.7. The summed E-state index contributed by atoms with van der Waals surface area (Å²) in [7, 11) is 0. The fraction of sp³-hybridized carbons (Fsp3) is 0.200. The molecule has 3 rings (SSSR count). The number of hydrogen-bond acceptors (Lipinski definition) is 3. The van der Waals surface area contributed by atoms with Crippen LogP contribution in [0, 0.1) is 0 Å². The Labute approximate surface area is 146 Å². The second-order valence-electron chi connectivity index (χ2n) is 5.70. The molecular weight excluding hydrogens is 316 g/mol. The van der Waals surface area contributed by atoms with Crippen molar-refractivity contribution in [1.29, 1.82) is 0 Å². The van der Waals surface area contributed by atoms with Gasteiger partial charge in [-0.05, 0) is 17.5 Å². The summed E-state index contributed by atoms with van der Waals surface area (Å²) in [5.74, 6) is -0.0164. The van der Waals surface area contributed by atoms with Crippen molar-refractivity contribution in [3.63, 3.8) is 0 Å². The van der Waals surface area contributed by atoms with Crippen LogP contribution < -0.4 is 5.32 Å². The summed E-state index contributed by atoms with van der Waals surface area (Å²) in [6, 6.07) is 16.8. The number of rotatable bonds is 5. The summed E-state index contributed by atoms with van der Waals surface area (Å²) in [6.07, 6.45) is 1.05. The maximum atomic E-state index is 11.0. The van der Waals surface area contributed by atoms with Gasteiger partial charge in [0.15, 0.2) is 0 Å². The van der Waals surface area contributed by atoms with Crippen molar-refractivity contribution in [1.82, 2.24) is 10.3 Å². The zero-order valence-corrected chi connectivity index (χ0v) is 14.7. The molecule has 0 atom stereocenters.